The summed E-state index contributed by atoms with van der Waals surface area (Å²) in [4.78, 5) is 0. The predicted molar refractivity (Wildman–Crippen MR) is 87.1 cm³/mol. The van der Waals surface area contributed by atoms with Crippen molar-refractivity contribution in [1.29, 1.82) is 0 Å². The zero-order chi connectivity index (χ0) is 14.7. The smallest absolute Gasteiger partial charge is 0.0300 e. The van der Waals surface area contributed by atoms with Crippen molar-refractivity contribution < 1.29 is 0 Å². The molecule has 106 valence electrons. The lowest BCUT2D eigenvalue weighted by Gasteiger charge is -2.22. The van der Waals surface area contributed by atoms with E-state index in [0.717, 1.165) is 0 Å². The maximum absolute atomic E-state index is 3.71. The van der Waals surface area contributed by atoms with Crippen LogP contribution in [-0.2, 0) is 0 Å². The summed E-state index contributed by atoms with van der Waals surface area (Å²) in [6, 6.07) is 16.1. The van der Waals surface area contributed by atoms with Crippen molar-refractivity contribution in [3.8, 4) is 0 Å². The molecule has 0 radical (unpaired) electrons. The van der Waals surface area contributed by atoms with Gasteiger partial charge < -0.3 is 5.32 Å². The predicted octanol–water partition coefficient (Wildman–Crippen LogP) is 5.02. The molecule has 0 amide bonds. The maximum Gasteiger partial charge on any atom is 0.0300 e. The Morgan fingerprint density at radius 3 is 2.00 bits per heavy atom. The van der Waals surface area contributed by atoms with E-state index in [4.69, 9.17) is 0 Å². The van der Waals surface area contributed by atoms with Crippen molar-refractivity contribution >= 4 is 0 Å². The summed E-state index contributed by atoms with van der Waals surface area (Å²) in [5.41, 5.74) is 6.75. The van der Waals surface area contributed by atoms with E-state index in [1.54, 1.807) is 0 Å². The van der Waals surface area contributed by atoms with Gasteiger partial charge in [0, 0.05) is 12.1 Å². The third kappa shape index (κ3) is 3.49. The van der Waals surface area contributed by atoms with Crippen molar-refractivity contribution in [2.45, 2.75) is 46.7 Å². The Labute approximate surface area is 123 Å². The molecule has 20 heavy (non-hydrogen) atoms. The van der Waals surface area contributed by atoms with Crippen LogP contribution in [0.2, 0.25) is 0 Å². The zero-order valence-corrected chi connectivity index (χ0v) is 13.2. The van der Waals surface area contributed by atoms with Gasteiger partial charge in [-0.25, -0.2) is 0 Å². The highest BCUT2D eigenvalue weighted by Crippen LogP contribution is 2.23. The number of nitrogens with one attached hydrogen (secondary N) is 1. The van der Waals surface area contributed by atoms with Crippen molar-refractivity contribution in [3.63, 3.8) is 0 Å². The minimum absolute atomic E-state index is 0.350. The molecule has 1 N–H and O–H groups in total. The molecule has 0 aliphatic heterocycles. The first-order valence-corrected chi connectivity index (χ1v) is 7.37. The van der Waals surface area contributed by atoms with E-state index in [1.165, 1.54) is 27.8 Å². The average molecular weight is 267 g/mol. The van der Waals surface area contributed by atoms with Gasteiger partial charge in [0.2, 0.25) is 0 Å². The van der Waals surface area contributed by atoms with Gasteiger partial charge in [-0.1, -0.05) is 53.6 Å². The third-order valence-electron chi connectivity index (χ3n) is 3.90. The number of rotatable bonds is 4. The molecule has 0 saturated carbocycles. The molecule has 2 aromatic carbocycles. The number of hydrogen-bond donors (Lipinski definition) is 1. The van der Waals surface area contributed by atoms with E-state index in [9.17, 15) is 0 Å². The second kappa shape index (κ2) is 6.23. The lowest BCUT2D eigenvalue weighted by Crippen LogP contribution is -2.23. The minimum Gasteiger partial charge on any atom is -0.304 e. The van der Waals surface area contributed by atoms with Crippen LogP contribution in [0.4, 0.5) is 0 Å². The van der Waals surface area contributed by atoms with Crippen LogP contribution >= 0.6 is 0 Å². The summed E-state index contributed by atoms with van der Waals surface area (Å²) >= 11 is 0. The highest BCUT2D eigenvalue weighted by Gasteiger charge is 2.13. The fraction of sp³-hybridized carbons (Fsp3) is 0.368. The monoisotopic (exact) mass is 267 g/mol. The molecule has 0 saturated heterocycles. The van der Waals surface area contributed by atoms with Gasteiger partial charge in [0.1, 0.15) is 0 Å². The summed E-state index contributed by atoms with van der Waals surface area (Å²) < 4.78 is 0. The molecule has 0 spiro atoms. The van der Waals surface area contributed by atoms with E-state index in [2.05, 4.69) is 82.4 Å². The lowest BCUT2D eigenvalue weighted by molar-refractivity contribution is 0.493. The SMILES string of the molecule is Cc1cc(C)cc(C(C)NC(C)c2ccccc2C)c1. The average Bonchev–Trinajstić information content (AvgIpc) is 2.37. The van der Waals surface area contributed by atoms with Crippen molar-refractivity contribution in [2.75, 3.05) is 0 Å². The molecule has 1 nitrogen and oxygen atoms in total. The van der Waals surface area contributed by atoms with Crippen LogP contribution in [0.3, 0.4) is 0 Å². The third-order valence-corrected chi connectivity index (χ3v) is 3.90. The lowest BCUT2D eigenvalue weighted by atomic mass is 9.99. The van der Waals surface area contributed by atoms with Crippen LogP contribution in [0, 0.1) is 20.8 Å². The molecule has 0 fully saturated rings. The first-order valence-electron chi connectivity index (χ1n) is 7.37. The molecule has 0 bridgehead atoms. The van der Waals surface area contributed by atoms with E-state index in [-0.39, 0.29) is 0 Å². The summed E-state index contributed by atoms with van der Waals surface area (Å²) in [6.45, 7) is 11.0. The van der Waals surface area contributed by atoms with Crippen LogP contribution < -0.4 is 5.32 Å². The molecule has 1 heteroatoms. The second-order valence-electron chi connectivity index (χ2n) is 5.89. The summed E-state index contributed by atoms with van der Waals surface area (Å²) in [6.07, 6.45) is 0. The van der Waals surface area contributed by atoms with Gasteiger partial charge in [0.25, 0.3) is 0 Å². The van der Waals surface area contributed by atoms with E-state index in [0.29, 0.717) is 12.1 Å². The largest absolute Gasteiger partial charge is 0.304 e. The molecule has 0 aliphatic rings. The quantitative estimate of drug-likeness (QED) is 0.819. The van der Waals surface area contributed by atoms with Crippen LogP contribution in [-0.4, -0.2) is 0 Å². The highest BCUT2D eigenvalue weighted by molar-refractivity contribution is 5.32. The number of hydrogen-bond acceptors (Lipinski definition) is 1. The Morgan fingerprint density at radius 2 is 1.40 bits per heavy atom. The van der Waals surface area contributed by atoms with Crippen molar-refractivity contribution in [1.82, 2.24) is 5.32 Å². The Kier molecular flexibility index (Phi) is 4.61. The normalized spacial score (nSPS) is 14.1. The standard InChI is InChI=1S/C19H25N/c1-13-10-14(2)12-18(11-13)16(4)20-17(5)19-9-7-6-8-15(19)3/h6-12,16-17,20H,1-5H3. The van der Waals surface area contributed by atoms with Crippen molar-refractivity contribution in [3.05, 3.63) is 70.3 Å². The highest BCUT2D eigenvalue weighted by atomic mass is 14.9. The van der Waals surface area contributed by atoms with Crippen LogP contribution in [0.25, 0.3) is 0 Å². The summed E-state index contributed by atoms with van der Waals surface area (Å²) in [5.74, 6) is 0. The molecular weight excluding hydrogens is 242 g/mol. The van der Waals surface area contributed by atoms with E-state index >= 15 is 0 Å². The molecular formula is C19H25N. The molecule has 2 atom stereocenters. The molecule has 2 rings (SSSR count). The Hall–Kier alpha value is -1.60. The van der Waals surface area contributed by atoms with E-state index < -0.39 is 0 Å². The van der Waals surface area contributed by atoms with Gasteiger partial charge in [-0.2, -0.15) is 0 Å². The Morgan fingerprint density at radius 1 is 0.800 bits per heavy atom. The topological polar surface area (TPSA) is 12.0 Å². The minimum atomic E-state index is 0.350. The fourth-order valence-electron chi connectivity index (χ4n) is 2.89. The second-order valence-corrected chi connectivity index (χ2v) is 5.89. The first-order chi connectivity index (χ1) is 9.47. The van der Waals surface area contributed by atoms with Gasteiger partial charge in [-0.05, 0) is 51.3 Å². The van der Waals surface area contributed by atoms with Gasteiger partial charge in [0.15, 0.2) is 0 Å². The Bertz CT molecular complexity index is 566. The maximum atomic E-state index is 3.71. The van der Waals surface area contributed by atoms with Gasteiger partial charge >= 0.3 is 0 Å². The van der Waals surface area contributed by atoms with Crippen LogP contribution in [0.5, 0.6) is 0 Å². The number of aryl methyl sites for hydroxylation is 3. The van der Waals surface area contributed by atoms with Gasteiger partial charge in [-0.15, -0.1) is 0 Å². The van der Waals surface area contributed by atoms with Gasteiger partial charge in [0.05, 0.1) is 0 Å². The van der Waals surface area contributed by atoms with Crippen LogP contribution in [0.15, 0.2) is 42.5 Å². The Balaban J connectivity index is 2.15. The van der Waals surface area contributed by atoms with Crippen LogP contribution in [0.1, 0.15) is 53.7 Å². The zero-order valence-electron chi connectivity index (χ0n) is 13.2. The van der Waals surface area contributed by atoms with E-state index in [1.807, 2.05) is 0 Å². The molecule has 0 aromatic heterocycles. The molecule has 2 unspecified atom stereocenters. The molecule has 0 heterocycles. The molecule has 0 aliphatic carbocycles. The van der Waals surface area contributed by atoms with Crippen molar-refractivity contribution in [2.24, 2.45) is 0 Å². The first kappa shape index (κ1) is 14.8. The fourth-order valence-corrected chi connectivity index (χ4v) is 2.89. The summed E-state index contributed by atoms with van der Waals surface area (Å²) in [7, 11) is 0. The molecule has 2 aromatic rings. The van der Waals surface area contributed by atoms with Gasteiger partial charge in [-0.3, -0.25) is 0 Å². The summed E-state index contributed by atoms with van der Waals surface area (Å²) in [5, 5.41) is 3.71. The number of benzene rings is 2.